The lowest BCUT2D eigenvalue weighted by molar-refractivity contribution is 0.822. The van der Waals surface area contributed by atoms with Crippen molar-refractivity contribution in [1.29, 1.82) is 5.26 Å². The van der Waals surface area contributed by atoms with E-state index in [9.17, 15) is 0 Å². The number of nitrogens with one attached hydrogen (secondary N) is 1. The van der Waals surface area contributed by atoms with Crippen LogP contribution in [-0.4, -0.2) is 15.2 Å². The van der Waals surface area contributed by atoms with E-state index in [4.69, 9.17) is 5.26 Å². The molecule has 0 aromatic carbocycles. The standard InChI is InChI=1S/C12H11N5/c1-9(11-4-2-3-6-14-11)16-12-10(8-13)5-7-15-17-12/h2-7,9H,1H3,(H,16,17). The second kappa shape index (κ2) is 5.03. The molecule has 0 saturated heterocycles. The van der Waals surface area contributed by atoms with Gasteiger partial charge < -0.3 is 5.32 Å². The first-order valence-corrected chi connectivity index (χ1v) is 5.20. The van der Waals surface area contributed by atoms with Gasteiger partial charge in [-0.3, -0.25) is 4.98 Å². The van der Waals surface area contributed by atoms with Gasteiger partial charge in [-0.15, -0.1) is 5.10 Å². The monoisotopic (exact) mass is 225 g/mol. The maximum atomic E-state index is 8.93. The maximum Gasteiger partial charge on any atom is 0.167 e. The van der Waals surface area contributed by atoms with Crippen LogP contribution < -0.4 is 5.32 Å². The van der Waals surface area contributed by atoms with E-state index >= 15 is 0 Å². The summed E-state index contributed by atoms with van der Waals surface area (Å²) in [6.45, 7) is 1.96. The molecule has 2 rings (SSSR count). The van der Waals surface area contributed by atoms with Gasteiger partial charge in [0.1, 0.15) is 6.07 Å². The van der Waals surface area contributed by atoms with Gasteiger partial charge in [0.25, 0.3) is 0 Å². The van der Waals surface area contributed by atoms with Crippen molar-refractivity contribution in [2.75, 3.05) is 5.32 Å². The second-order valence-electron chi connectivity index (χ2n) is 3.53. The third kappa shape index (κ3) is 2.55. The molecule has 0 bridgehead atoms. The zero-order chi connectivity index (χ0) is 12.1. The minimum atomic E-state index is -0.0278. The summed E-state index contributed by atoms with van der Waals surface area (Å²) in [5.41, 5.74) is 1.37. The summed E-state index contributed by atoms with van der Waals surface area (Å²) in [5, 5.41) is 19.7. The van der Waals surface area contributed by atoms with Crippen molar-refractivity contribution < 1.29 is 0 Å². The summed E-state index contributed by atoms with van der Waals surface area (Å²) in [7, 11) is 0. The lowest BCUT2D eigenvalue weighted by atomic mass is 10.2. The van der Waals surface area contributed by atoms with Crippen molar-refractivity contribution in [1.82, 2.24) is 15.2 Å². The summed E-state index contributed by atoms with van der Waals surface area (Å²) in [6, 6.07) is 9.36. The van der Waals surface area contributed by atoms with E-state index in [1.54, 1.807) is 12.3 Å². The van der Waals surface area contributed by atoms with Crippen LogP contribution in [0.5, 0.6) is 0 Å². The zero-order valence-corrected chi connectivity index (χ0v) is 9.33. The highest BCUT2D eigenvalue weighted by atomic mass is 15.2. The molecule has 0 amide bonds. The minimum absolute atomic E-state index is 0.0278. The van der Waals surface area contributed by atoms with Gasteiger partial charge in [0, 0.05) is 6.20 Å². The molecule has 5 nitrogen and oxygen atoms in total. The molecule has 5 heteroatoms. The number of nitriles is 1. The summed E-state index contributed by atoms with van der Waals surface area (Å²) in [4.78, 5) is 4.24. The fraction of sp³-hybridized carbons (Fsp3) is 0.167. The average molecular weight is 225 g/mol. The number of hydrogen-bond donors (Lipinski definition) is 1. The molecule has 1 unspecified atom stereocenters. The van der Waals surface area contributed by atoms with Crippen LogP contribution in [0.2, 0.25) is 0 Å². The van der Waals surface area contributed by atoms with Crippen molar-refractivity contribution in [3.05, 3.63) is 47.9 Å². The van der Waals surface area contributed by atoms with Crippen LogP contribution in [-0.2, 0) is 0 Å². The summed E-state index contributed by atoms with van der Waals surface area (Å²) in [6.07, 6.45) is 3.23. The van der Waals surface area contributed by atoms with E-state index in [0.717, 1.165) is 5.69 Å². The molecule has 0 spiro atoms. The highest BCUT2D eigenvalue weighted by molar-refractivity contribution is 5.51. The van der Waals surface area contributed by atoms with Crippen LogP contribution in [0.15, 0.2) is 36.7 Å². The Bertz CT molecular complexity index is 532. The molecule has 0 aliphatic carbocycles. The Hall–Kier alpha value is -2.48. The molecular weight excluding hydrogens is 214 g/mol. The number of anilines is 1. The van der Waals surface area contributed by atoms with E-state index < -0.39 is 0 Å². The number of hydrogen-bond acceptors (Lipinski definition) is 5. The van der Waals surface area contributed by atoms with Gasteiger partial charge in [-0.05, 0) is 25.1 Å². The molecule has 1 atom stereocenters. The number of rotatable bonds is 3. The van der Waals surface area contributed by atoms with Crippen molar-refractivity contribution in [3.8, 4) is 6.07 Å². The number of nitrogens with zero attached hydrogens (tertiary/aromatic N) is 4. The second-order valence-corrected chi connectivity index (χ2v) is 3.53. The Morgan fingerprint density at radius 3 is 2.88 bits per heavy atom. The van der Waals surface area contributed by atoms with E-state index in [-0.39, 0.29) is 6.04 Å². The molecule has 0 aliphatic rings. The SMILES string of the molecule is CC(Nc1nnccc1C#N)c1ccccn1. The first-order chi connectivity index (χ1) is 8.31. The Kier molecular flexibility index (Phi) is 3.26. The fourth-order valence-corrected chi connectivity index (χ4v) is 1.44. The molecule has 2 aromatic rings. The molecule has 17 heavy (non-hydrogen) atoms. The molecule has 0 aliphatic heterocycles. The lowest BCUT2D eigenvalue weighted by Gasteiger charge is -2.13. The highest BCUT2D eigenvalue weighted by Gasteiger charge is 2.10. The van der Waals surface area contributed by atoms with E-state index in [1.807, 2.05) is 25.1 Å². The van der Waals surface area contributed by atoms with Gasteiger partial charge in [0.2, 0.25) is 0 Å². The Labute approximate surface area is 99.2 Å². The van der Waals surface area contributed by atoms with E-state index in [0.29, 0.717) is 11.4 Å². The van der Waals surface area contributed by atoms with Crippen LogP contribution in [0.25, 0.3) is 0 Å². The Morgan fingerprint density at radius 1 is 1.29 bits per heavy atom. The van der Waals surface area contributed by atoms with Crippen LogP contribution in [0.4, 0.5) is 5.82 Å². The number of pyridine rings is 1. The van der Waals surface area contributed by atoms with Gasteiger partial charge in [-0.1, -0.05) is 6.07 Å². The third-order valence-corrected chi connectivity index (χ3v) is 2.33. The Balaban J connectivity index is 2.19. The average Bonchev–Trinajstić information content (AvgIpc) is 2.40. The van der Waals surface area contributed by atoms with Crippen LogP contribution in [0, 0.1) is 11.3 Å². The Morgan fingerprint density at radius 2 is 2.18 bits per heavy atom. The van der Waals surface area contributed by atoms with Gasteiger partial charge in [-0.25, -0.2) is 0 Å². The molecule has 1 N–H and O–H groups in total. The third-order valence-electron chi connectivity index (χ3n) is 2.33. The van der Waals surface area contributed by atoms with Crippen molar-refractivity contribution in [2.45, 2.75) is 13.0 Å². The molecule has 2 aromatic heterocycles. The molecule has 0 fully saturated rings. The van der Waals surface area contributed by atoms with Crippen molar-refractivity contribution >= 4 is 5.82 Å². The maximum absolute atomic E-state index is 8.93. The predicted octanol–water partition coefficient (Wildman–Crippen LogP) is 1.92. The first-order valence-electron chi connectivity index (χ1n) is 5.20. The largest absolute Gasteiger partial charge is 0.359 e. The summed E-state index contributed by atoms with van der Waals surface area (Å²) in [5.74, 6) is 0.480. The van der Waals surface area contributed by atoms with E-state index in [1.165, 1.54) is 6.20 Å². The van der Waals surface area contributed by atoms with Gasteiger partial charge in [0.05, 0.1) is 23.5 Å². The van der Waals surface area contributed by atoms with Gasteiger partial charge in [0.15, 0.2) is 5.82 Å². The van der Waals surface area contributed by atoms with E-state index in [2.05, 4.69) is 26.6 Å². The lowest BCUT2D eigenvalue weighted by Crippen LogP contribution is -2.11. The van der Waals surface area contributed by atoms with Crippen LogP contribution in [0.3, 0.4) is 0 Å². The van der Waals surface area contributed by atoms with Crippen molar-refractivity contribution in [2.24, 2.45) is 0 Å². The zero-order valence-electron chi connectivity index (χ0n) is 9.33. The summed E-state index contributed by atoms with van der Waals surface area (Å²) >= 11 is 0. The topological polar surface area (TPSA) is 74.5 Å². The molecular formula is C12H11N5. The van der Waals surface area contributed by atoms with Gasteiger partial charge in [-0.2, -0.15) is 10.4 Å². The number of aromatic nitrogens is 3. The smallest absolute Gasteiger partial charge is 0.167 e. The molecule has 84 valence electrons. The quantitative estimate of drug-likeness (QED) is 0.863. The molecule has 2 heterocycles. The van der Waals surface area contributed by atoms with Gasteiger partial charge >= 0.3 is 0 Å². The fourth-order valence-electron chi connectivity index (χ4n) is 1.44. The molecule has 0 radical (unpaired) electrons. The van der Waals surface area contributed by atoms with Crippen molar-refractivity contribution in [3.63, 3.8) is 0 Å². The highest BCUT2D eigenvalue weighted by Crippen LogP contribution is 2.17. The first kappa shape index (κ1) is 11.0. The summed E-state index contributed by atoms with van der Waals surface area (Å²) < 4.78 is 0. The molecule has 0 saturated carbocycles. The van der Waals surface area contributed by atoms with Crippen LogP contribution in [0.1, 0.15) is 24.2 Å². The normalized spacial score (nSPS) is 11.5. The van der Waals surface area contributed by atoms with Crippen LogP contribution >= 0.6 is 0 Å². The predicted molar refractivity (Wildman–Crippen MR) is 63.0 cm³/mol. The minimum Gasteiger partial charge on any atom is -0.359 e.